The van der Waals surface area contributed by atoms with Gasteiger partial charge in [0.1, 0.15) is 16.1 Å². The molecule has 2 amide bonds. The van der Waals surface area contributed by atoms with Gasteiger partial charge in [0.15, 0.2) is 6.10 Å². The number of rotatable bonds is 5. The fourth-order valence-electron chi connectivity index (χ4n) is 4.02. The van der Waals surface area contributed by atoms with Crippen LogP contribution in [0.4, 0.5) is 11.4 Å². The number of sulfonamides is 1. The predicted octanol–water partition coefficient (Wildman–Crippen LogP) is 2.11. The second-order valence-corrected chi connectivity index (χ2v) is 10.5. The van der Waals surface area contributed by atoms with Crippen molar-refractivity contribution in [2.24, 2.45) is 0 Å². The molecule has 0 aliphatic carbocycles. The largest absolute Gasteiger partial charge is 0.448 e. The van der Waals surface area contributed by atoms with Gasteiger partial charge in [-0.25, -0.2) is 13.2 Å². The molecule has 2 aromatic rings. The Labute approximate surface area is 191 Å². The van der Waals surface area contributed by atoms with Crippen LogP contribution in [-0.4, -0.2) is 60.2 Å². The third-order valence-electron chi connectivity index (χ3n) is 5.94. The Hall–Kier alpha value is -3.18. The summed E-state index contributed by atoms with van der Waals surface area (Å²) in [5.74, 6) is -1.81. The number of nitrogens with zero attached hydrogens (tertiary/aromatic N) is 2. The molecule has 1 fully saturated rings. The molecule has 2 aliphatic heterocycles. The van der Waals surface area contributed by atoms with Crippen LogP contribution < -0.4 is 10.2 Å². The number of aromatic nitrogens is 1. The number of anilines is 2. The molecule has 33 heavy (non-hydrogen) atoms. The van der Waals surface area contributed by atoms with Crippen molar-refractivity contribution in [3.05, 3.63) is 42.2 Å². The average Bonchev–Trinajstić information content (AvgIpc) is 3.47. The molecule has 11 heteroatoms. The third kappa shape index (κ3) is 4.02. The SMILES string of the molecule is C[C@@H](OC(=O)c1cc(S(=O)(=O)N2CCCC2)c[nH]1)C(=O)N1c2ccccc2NC(=O)C1(C)C. The Balaban J connectivity index is 1.52. The standard InChI is InChI=1S/C22H26N4O6S/c1-14(19(27)26-18-9-5-4-8-16(18)24-21(29)22(26,2)3)32-20(28)17-12-15(13-23-17)33(30,31)25-10-6-7-11-25/h4-5,8-9,12-14,23H,6-7,10-11H2,1-3H3,(H,24,29)/t14-/m1/s1. The quantitative estimate of drug-likeness (QED) is 0.639. The zero-order chi connectivity index (χ0) is 24.0. The molecule has 2 aliphatic rings. The predicted molar refractivity (Wildman–Crippen MR) is 120 cm³/mol. The minimum Gasteiger partial charge on any atom is -0.448 e. The lowest BCUT2D eigenvalue weighted by molar-refractivity contribution is -0.131. The Morgan fingerprint density at radius 2 is 1.82 bits per heavy atom. The third-order valence-corrected chi connectivity index (χ3v) is 7.82. The molecule has 1 saturated heterocycles. The van der Waals surface area contributed by atoms with Crippen molar-refractivity contribution >= 4 is 39.2 Å². The van der Waals surface area contributed by atoms with Gasteiger partial charge in [-0.15, -0.1) is 0 Å². The summed E-state index contributed by atoms with van der Waals surface area (Å²) in [7, 11) is -3.69. The minimum atomic E-state index is -3.69. The molecular formula is C22H26N4O6S. The number of H-pyrrole nitrogens is 1. The molecular weight excluding hydrogens is 448 g/mol. The summed E-state index contributed by atoms with van der Waals surface area (Å²) in [5, 5.41) is 2.77. The highest BCUT2D eigenvalue weighted by Crippen LogP contribution is 2.37. The first-order chi connectivity index (χ1) is 15.5. The highest BCUT2D eigenvalue weighted by atomic mass is 32.2. The molecule has 1 atom stereocenters. The van der Waals surface area contributed by atoms with Gasteiger partial charge in [0, 0.05) is 19.3 Å². The van der Waals surface area contributed by atoms with E-state index in [1.165, 1.54) is 28.4 Å². The molecule has 4 rings (SSSR count). The number of carbonyl (C=O) groups excluding carboxylic acids is 3. The van der Waals surface area contributed by atoms with Gasteiger partial charge < -0.3 is 15.0 Å². The number of ether oxygens (including phenoxy) is 1. The van der Waals surface area contributed by atoms with E-state index in [2.05, 4.69) is 10.3 Å². The maximum Gasteiger partial charge on any atom is 0.355 e. The number of fused-ring (bicyclic) bond motifs is 1. The van der Waals surface area contributed by atoms with Crippen LogP contribution in [0, 0.1) is 0 Å². The van der Waals surface area contributed by atoms with E-state index >= 15 is 0 Å². The van der Waals surface area contributed by atoms with Crippen molar-refractivity contribution in [1.29, 1.82) is 0 Å². The van der Waals surface area contributed by atoms with E-state index in [0.29, 0.717) is 24.5 Å². The zero-order valence-corrected chi connectivity index (χ0v) is 19.4. The van der Waals surface area contributed by atoms with Crippen LogP contribution in [0.2, 0.25) is 0 Å². The van der Waals surface area contributed by atoms with Crippen molar-refractivity contribution in [3.8, 4) is 0 Å². The van der Waals surface area contributed by atoms with Gasteiger partial charge in [-0.1, -0.05) is 12.1 Å². The Morgan fingerprint density at radius 3 is 2.52 bits per heavy atom. The van der Waals surface area contributed by atoms with E-state index in [-0.39, 0.29) is 16.5 Å². The number of amides is 2. The number of para-hydroxylation sites is 2. The van der Waals surface area contributed by atoms with E-state index in [0.717, 1.165) is 12.8 Å². The maximum atomic E-state index is 13.3. The summed E-state index contributed by atoms with van der Waals surface area (Å²) >= 11 is 0. The number of hydrogen-bond acceptors (Lipinski definition) is 6. The number of nitrogens with one attached hydrogen (secondary N) is 2. The monoisotopic (exact) mass is 474 g/mol. The smallest absolute Gasteiger partial charge is 0.355 e. The Morgan fingerprint density at radius 1 is 1.15 bits per heavy atom. The summed E-state index contributed by atoms with van der Waals surface area (Å²) < 4.78 is 32.1. The fourth-order valence-corrected chi connectivity index (χ4v) is 5.53. The van der Waals surface area contributed by atoms with E-state index < -0.39 is 33.5 Å². The summed E-state index contributed by atoms with van der Waals surface area (Å²) in [5.41, 5.74) is -0.317. The minimum absolute atomic E-state index is 0.0295. The second kappa shape index (κ2) is 8.31. The van der Waals surface area contributed by atoms with Crippen molar-refractivity contribution in [3.63, 3.8) is 0 Å². The highest BCUT2D eigenvalue weighted by Gasteiger charge is 2.45. The first-order valence-corrected chi connectivity index (χ1v) is 12.1. The molecule has 0 spiro atoms. The zero-order valence-electron chi connectivity index (χ0n) is 18.6. The summed E-state index contributed by atoms with van der Waals surface area (Å²) in [6, 6.07) is 8.07. The van der Waals surface area contributed by atoms with Crippen molar-refractivity contribution in [2.45, 2.75) is 50.2 Å². The molecule has 0 saturated carbocycles. The second-order valence-electron chi connectivity index (χ2n) is 8.61. The lowest BCUT2D eigenvalue weighted by Gasteiger charge is -2.42. The van der Waals surface area contributed by atoms with Gasteiger partial charge in [0.2, 0.25) is 15.9 Å². The fraction of sp³-hybridized carbons (Fsp3) is 0.409. The highest BCUT2D eigenvalue weighted by molar-refractivity contribution is 7.89. The number of carbonyl (C=O) groups is 3. The summed E-state index contributed by atoms with van der Waals surface area (Å²) in [6.45, 7) is 5.51. The molecule has 1 aromatic carbocycles. The van der Waals surface area contributed by atoms with Crippen LogP contribution in [0.15, 0.2) is 41.4 Å². The van der Waals surface area contributed by atoms with Crippen molar-refractivity contribution in [1.82, 2.24) is 9.29 Å². The van der Waals surface area contributed by atoms with E-state index in [9.17, 15) is 22.8 Å². The first kappa shape index (κ1) is 23.0. The van der Waals surface area contributed by atoms with Crippen LogP contribution >= 0.6 is 0 Å². The Kier molecular flexibility index (Phi) is 5.79. The molecule has 0 unspecified atom stereocenters. The number of esters is 1. The van der Waals surface area contributed by atoms with Crippen molar-refractivity contribution in [2.75, 3.05) is 23.3 Å². The van der Waals surface area contributed by atoms with Crippen LogP contribution in [0.25, 0.3) is 0 Å². The van der Waals surface area contributed by atoms with Gasteiger partial charge >= 0.3 is 5.97 Å². The van der Waals surface area contributed by atoms with Crippen LogP contribution in [0.3, 0.4) is 0 Å². The molecule has 2 N–H and O–H groups in total. The van der Waals surface area contributed by atoms with E-state index in [1.807, 2.05) is 0 Å². The average molecular weight is 475 g/mol. The van der Waals surface area contributed by atoms with Crippen LogP contribution in [0.1, 0.15) is 44.1 Å². The van der Waals surface area contributed by atoms with E-state index in [1.54, 1.807) is 38.1 Å². The summed E-state index contributed by atoms with van der Waals surface area (Å²) in [4.78, 5) is 42.4. The normalized spacial score (nSPS) is 19.0. The number of benzene rings is 1. The number of hydrogen-bond donors (Lipinski definition) is 2. The summed E-state index contributed by atoms with van der Waals surface area (Å²) in [6.07, 6.45) is 1.61. The molecule has 0 radical (unpaired) electrons. The van der Waals surface area contributed by atoms with Crippen LogP contribution in [0.5, 0.6) is 0 Å². The van der Waals surface area contributed by atoms with Gasteiger partial charge in [-0.2, -0.15) is 4.31 Å². The van der Waals surface area contributed by atoms with Gasteiger partial charge in [-0.05, 0) is 51.8 Å². The van der Waals surface area contributed by atoms with Gasteiger partial charge in [0.05, 0.1) is 11.4 Å². The topological polar surface area (TPSA) is 129 Å². The molecule has 10 nitrogen and oxygen atoms in total. The van der Waals surface area contributed by atoms with Gasteiger partial charge in [0.25, 0.3) is 5.91 Å². The maximum absolute atomic E-state index is 13.3. The lowest BCUT2D eigenvalue weighted by Crippen LogP contribution is -2.60. The van der Waals surface area contributed by atoms with Crippen molar-refractivity contribution < 1.29 is 27.5 Å². The Bertz CT molecular complexity index is 1210. The lowest BCUT2D eigenvalue weighted by atomic mass is 9.95. The first-order valence-electron chi connectivity index (χ1n) is 10.7. The molecule has 176 valence electrons. The van der Waals surface area contributed by atoms with E-state index in [4.69, 9.17) is 4.74 Å². The number of aromatic amines is 1. The van der Waals surface area contributed by atoms with Gasteiger partial charge in [-0.3, -0.25) is 14.5 Å². The molecule has 0 bridgehead atoms. The molecule has 1 aromatic heterocycles. The molecule has 3 heterocycles. The van der Waals surface area contributed by atoms with Crippen LogP contribution in [-0.2, 0) is 24.3 Å².